The van der Waals surface area contributed by atoms with Crippen molar-refractivity contribution in [2.24, 2.45) is 0 Å². The van der Waals surface area contributed by atoms with Crippen LogP contribution in [0.25, 0.3) is 0 Å². The Morgan fingerprint density at radius 3 is 2.10 bits per heavy atom. The van der Waals surface area contributed by atoms with Crippen LogP contribution >= 0.6 is 11.8 Å². The molecule has 0 aliphatic rings. The average molecular weight is 299 g/mol. The lowest BCUT2D eigenvalue weighted by Crippen LogP contribution is -2.19. The zero-order valence-electron chi connectivity index (χ0n) is 13.7. The van der Waals surface area contributed by atoms with Crippen LogP contribution in [-0.4, -0.2) is 6.26 Å². The number of aryl methyl sites for hydroxylation is 3. The third-order valence-corrected chi connectivity index (χ3v) is 4.78. The smallest absolute Gasteiger partial charge is 0.0294 e. The van der Waals surface area contributed by atoms with E-state index in [0.717, 1.165) is 6.54 Å². The van der Waals surface area contributed by atoms with Gasteiger partial charge in [0.05, 0.1) is 0 Å². The largest absolute Gasteiger partial charge is 0.306 e. The molecule has 0 aliphatic carbocycles. The zero-order valence-corrected chi connectivity index (χ0v) is 14.5. The molecule has 0 radical (unpaired) electrons. The minimum Gasteiger partial charge on any atom is -0.306 e. The van der Waals surface area contributed by atoms with E-state index >= 15 is 0 Å². The fraction of sp³-hybridized carbons (Fsp3) is 0.368. The van der Waals surface area contributed by atoms with Gasteiger partial charge in [0.1, 0.15) is 0 Å². The van der Waals surface area contributed by atoms with Gasteiger partial charge in [-0.25, -0.2) is 0 Å². The van der Waals surface area contributed by atoms with Crippen molar-refractivity contribution in [3.8, 4) is 0 Å². The first kappa shape index (κ1) is 16.1. The topological polar surface area (TPSA) is 12.0 Å². The Balaban J connectivity index is 2.05. The second-order valence-electron chi connectivity index (χ2n) is 5.75. The van der Waals surface area contributed by atoms with Crippen LogP contribution in [0.3, 0.4) is 0 Å². The molecule has 21 heavy (non-hydrogen) atoms. The van der Waals surface area contributed by atoms with Gasteiger partial charge in [0.2, 0.25) is 0 Å². The van der Waals surface area contributed by atoms with Crippen LogP contribution in [-0.2, 0) is 6.54 Å². The van der Waals surface area contributed by atoms with Gasteiger partial charge in [0.15, 0.2) is 0 Å². The average Bonchev–Trinajstić information content (AvgIpc) is 2.46. The number of thioether (sulfide) groups is 1. The van der Waals surface area contributed by atoms with E-state index in [4.69, 9.17) is 0 Å². The normalized spacial score (nSPS) is 12.4. The van der Waals surface area contributed by atoms with Gasteiger partial charge in [0.25, 0.3) is 0 Å². The Bertz CT molecular complexity index is 578. The lowest BCUT2D eigenvalue weighted by atomic mass is 9.99. The summed E-state index contributed by atoms with van der Waals surface area (Å²) < 4.78 is 0. The predicted molar refractivity (Wildman–Crippen MR) is 94.1 cm³/mol. The summed E-state index contributed by atoms with van der Waals surface area (Å²) in [4.78, 5) is 1.32. The van der Waals surface area contributed by atoms with Gasteiger partial charge in [-0.1, -0.05) is 29.8 Å². The fourth-order valence-corrected chi connectivity index (χ4v) is 3.16. The van der Waals surface area contributed by atoms with Gasteiger partial charge in [-0.05, 0) is 68.3 Å². The molecule has 1 atom stereocenters. The highest BCUT2D eigenvalue weighted by Gasteiger charge is 2.08. The van der Waals surface area contributed by atoms with Crippen LogP contribution in [0.5, 0.6) is 0 Å². The van der Waals surface area contributed by atoms with Crippen molar-refractivity contribution < 1.29 is 0 Å². The molecule has 0 bridgehead atoms. The van der Waals surface area contributed by atoms with Crippen LogP contribution in [0.2, 0.25) is 0 Å². The summed E-state index contributed by atoms with van der Waals surface area (Å²) in [5, 5.41) is 3.65. The number of nitrogens with one attached hydrogen (secondary N) is 1. The van der Waals surface area contributed by atoms with Gasteiger partial charge >= 0.3 is 0 Å². The Morgan fingerprint density at radius 1 is 1.00 bits per heavy atom. The van der Waals surface area contributed by atoms with E-state index in [0.29, 0.717) is 6.04 Å². The second kappa shape index (κ2) is 7.15. The minimum atomic E-state index is 0.362. The van der Waals surface area contributed by atoms with E-state index in [9.17, 15) is 0 Å². The van der Waals surface area contributed by atoms with Crippen molar-refractivity contribution in [2.45, 2.75) is 45.2 Å². The second-order valence-corrected chi connectivity index (χ2v) is 6.63. The molecule has 1 unspecified atom stereocenters. The summed E-state index contributed by atoms with van der Waals surface area (Å²) in [5.74, 6) is 0. The molecular weight excluding hydrogens is 274 g/mol. The summed E-state index contributed by atoms with van der Waals surface area (Å²) in [6.45, 7) is 9.72. The summed E-state index contributed by atoms with van der Waals surface area (Å²) in [6, 6.07) is 13.7. The molecular formula is C19H25NS. The Kier molecular flexibility index (Phi) is 5.49. The molecule has 2 heteroatoms. The van der Waals surface area contributed by atoms with Crippen LogP contribution in [0.4, 0.5) is 0 Å². The summed E-state index contributed by atoms with van der Waals surface area (Å²) in [6.07, 6.45) is 2.11. The highest BCUT2D eigenvalue weighted by Crippen LogP contribution is 2.21. The lowest BCUT2D eigenvalue weighted by Gasteiger charge is -2.17. The molecule has 0 fully saturated rings. The van der Waals surface area contributed by atoms with E-state index in [-0.39, 0.29) is 0 Å². The molecule has 2 aromatic carbocycles. The zero-order chi connectivity index (χ0) is 15.4. The molecule has 0 aromatic heterocycles. The predicted octanol–water partition coefficient (Wildman–Crippen LogP) is 5.18. The lowest BCUT2D eigenvalue weighted by molar-refractivity contribution is 0.571. The monoisotopic (exact) mass is 299 g/mol. The van der Waals surface area contributed by atoms with Crippen molar-refractivity contribution >= 4 is 11.8 Å². The summed E-state index contributed by atoms with van der Waals surface area (Å²) >= 11 is 1.78. The number of hydrogen-bond acceptors (Lipinski definition) is 2. The maximum Gasteiger partial charge on any atom is 0.0294 e. The summed E-state index contributed by atoms with van der Waals surface area (Å²) in [5.41, 5.74) is 6.87. The SMILES string of the molecule is CSc1ccc(C(C)NCc2c(C)cc(C)cc2C)cc1. The van der Waals surface area contributed by atoms with E-state index in [1.807, 2.05) is 0 Å². The van der Waals surface area contributed by atoms with E-state index in [1.54, 1.807) is 11.8 Å². The van der Waals surface area contributed by atoms with Crippen molar-refractivity contribution in [1.82, 2.24) is 5.32 Å². The molecule has 0 saturated carbocycles. The quantitative estimate of drug-likeness (QED) is 0.763. The molecule has 2 aromatic rings. The first-order chi connectivity index (χ1) is 10.0. The highest BCUT2D eigenvalue weighted by molar-refractivity contribution is 7.98. The van der Waals surface area contributed by atoms with Crippen molar-refractivity contribution in [3.63, 3.8) is 0 Å². The van der Waals surface area contributed by atoms with E-state index < -0.39 is 0 Å². The van der Waals surface area contributed by atoms with E-state index in [2.05, 4.69) is 75.7 Å². The molecule has 1 nitrogen and oxygen atoms in total. The standard InChI is InChI=1S/C19H25NS/c1-13-10-14(2)19(15(3)11-13)12-20-16(4)17-6-8-18(21-5)9-7-17/h6-11,16,20H,12H2,1-5H3. The molecule has 0 aliphatic heterocycles. The molecule has 112 valence electrons. The van der Waals surface area contributed by atoms with Crippen LogP contribution < -0.4 is 5.32 Å². The fourth-order valence-electron chi connectivity index (χ4n) is 2.75. The summed E-state index contributed by atoms with van der Waals surface area (Å²) in [7, 11) is 0. The van der Waals surface area contributed by atoms with Crippen LogP contribution in [0.1, 0.15) is 40.8 Å². The van der Waals surface area contributed by atoms with Crippen LogP contribution in [0.15, 0.2) is 41.3 Å². The van der Waals surface area contributed by atoms with Gasteiger partial charge in [-0.2, -0.15) is 0 Å². The minimum absolute atomic E-state index is 0.362. The molecule has 1 N–H and O–H groups in total. The molecule has 2 rings (SSSR count). The van der Waals surface area contributed by atoms with Crippen LogP contribution in [0, 0.1) is 20.8 Å². The first-order valence-corrected chi connectivity index (χ1v) is 8.67. The van der Waals surface area contributed by atoms with Crippen molar-refractivity contribution in [1.29, 1.82) is 0 Å². The number of hydrogen-bond donors (Lipinski definition) is 1. The Labute approximate surface area is 133 Å². The number of rotatable bonds is 5. The molecule has 0 saturated heterocycles. The maximum atomic E-state index is 3.65. The van der Waals surface area contributed by atoms with Crippen molar-refractivity contribution in [3.05, 3.63) is 64.2 Å². The number of benzene rings is 2. The Morgan fingerprint density at radius 2 is 1.57 bits per heavy atom. The molecule has 0 spiro atoms. The molecule has 0 amide bonds. The van der Waals surface area contributed by atoms with Gasteiger partial charge in [-0.15, -0.1) is 11.8 Å². The third kappa shape index (κ3) is 4.12. The van der Waals surface area contributed by atoms with Gasteiger partial charge in [0, 0.05) is 17.5 Å². The van der Waals surface area contributed by atoms with Gasteiger partial charge in [-0.3, -0.25) is 0 Å². The molecule has 0 heterocycles. The Hall–Kier alpha value is -1.25. The highest BCUT2D eigenvalue weighted by atomic mass is 32.2. The first-order valence-electron chi connectivity index (χ1n) is 7.45. The van der Waals surface area contributed by atoms with E-state index in [1.165, 1.54) is 32.7 Å². The third-order valence-electron chi connectivity index (χ3n) is 4.04. The maximum absolute atomic E-state index is 3.65. The van der Waals surface area contributed by atoms with Crippen molar-refractivity contribution in [2.75, 3.05) is 6.26 Å². The van der Waals surface area contributed by atoms with Gasteiger partial charge < -0.3 is 5.32 Å².